The summed E-state index contributed by atoms with van der Waals surface area (Å²) < 4.78 is 10.9. The Kier molecular flexibility index (Phi) is 7.96. The molecule has 0 unspecified atom stereocenters. The summed E-state index contributed by atoms with van der Waals surface area (Å²) in [5, 5.41) is 0. The maximum atomic E-state index is 13.4. The highest BCUT2D eigenvalue weighted by Crippen LogP contribution is 2.24. The lowest BCUT2D eigenvalue weighted by atomic mass is 10.1. The summed E-state index contributed by atoms with van der Waals surface area (Å²) in [6.07, 6.45) is 0. The summed E-state index contributed by atoms with van der Waals surface area (Å²) in [4.78, 5) is 37.4. The molecule has 0 aliphatic carbocycles. The van der Waals surface area contributed by atoms with Gasteiger partial charge in [-0.15, -0.1) is 0 Å². The largest absolute Gasteiger partial charge is 0.489 e. The zero-order valence-electron chi connectivity index (χ0n) is 23.5. The van der Waals surface area contributed by atoms with E-state index in [2.05, 4.69) is 16.0 Å². The van der Waals surface area contributed by atoms with Crippen LogP contribution in [0.15, 0.2) is 97.1 Å². The van der Waals surface area contributed by atoms with Crippen molar-refractivity contribution in [2.24, 2.45) is 0 Å². The Morgan fingerprint density at radius 1 is 0.833 bits per heavy atom. The van der Waals surface area contributed by atoms with Crippen LogP contribution in [0, 0.1) is 0 Å². The third-order valence-corrected chi connectivity index (χ3v) is 7.57. The van der Waals surface area contributed by atoms with Gasteiger partial charge in [-0.1, -0.05) is 60.7 Å². The molecule has 8 heteroatoms. The molecule has 1 saturated heterocycles. The van der Waals surface area contributed by atoms with Gasteiger partial charge in [0.25, 0.3) is 5.91 Å². The summed E-state index contributed by atoms with van der Waals surface area (Å²) in [6.45, 7) is 4.00. The molecule has 1 fully saturated rings. The maximum absolute atomic E-state index is 13.4. The summed E-state index contributed by atoms with van der Waals surface area (Å²) in [5.41, 5.74) is 5.94. The number of para-hydroxylation sites is 1. The third-order valence-electron chi connectivity index (χ3n) is 7.57. The van der Waals surface area contributed by atoms with Crippen molar-refractivity contribution in [1.82, 2.24) is 19.8 Å². The highest BCUT2D eigenvalue weighted by atomic mass is 16.5. The van der Waals surface area contributed by atoms with Gasteiger partial charge in [0.05, 0.1) is 23.7 Å². The molecule has 0 atom stereocenters. The molecule has 42 heavy (non-hydrogen) atoms. The predicted molar refractivity (Wildman–Crippen MR) is 161 cm³/mol. The standard InChI is InChI=1S/C34H32N4O4/c1-41-34(40)26-13-11-24(12-14-26)23-42-31-10-6-5-9-28(31)22-37-17-19-38(20-18-37)33(39)27-15-16-29-30(21-27)36-32(35-29)25-7-3-2-4-8-25/h2-16,21H,17-20,22-23H2,1H3,(H,35,36). The first-order valence-corrected chi connectivity index (χ1v) is 14.0. The van der Waals surface area contributed by atoms with Gasteiger partial charge in [0.2, 0.25) is 0 Å². The minimum atomic E-state index is -0.356. The molecule has 1 aliphatic rings. The zero-order valence-corrected chi connectivity index (χ0v) is 23.5. The first-order valence-electron chi connectivity index (χ1n) is 14.0. The van der Waals surface area contributed by atoms with E-state index in [4.69, 9.17) is 14.5 Å². The van der Waals surface area contributed by atoms with Crippen molar-refractivity contribution in [2.75, 3.05) is 33.3 Å². The molecule has 2 heterocycles. The Morgan fingerprint density at radius 2 is 1.55 bits per heavy atom. The Balaban J connectivity index is 1.05. The minimum Gasteiger partial charge on any atom is -0.489 e. The van der Waals surface area contributed by atoms with Crippen LogP contribution in [0.5, 0.6) is 5.75 Å². The second-order valence-electron chi connectivity index (χ2n) is 10.3. The minimum absolute atomic E-state index is 0.0303. The highest BCUT2D eigenvalue weighted by molar-refractivity contribution is 5.97. The molecule has 4 aromatic carbocycles. The van der Waals surface area contributed by atoms with E-state index < -0.39 is 0 Å². The van der Waals surface area contributed by atoms with Crippen molar-refractivity contribution < 1.29 is 19.1 Å². The topological polar surface area (TPSA) is 87.8 Å². The fourth-order valence-electron chi connectivity index (χ4n) is 5.20. The van der Waals surface area contributed by atoms with Gasteiger partial charge in [-0.3, -0.25) is 9.69 Å². The molecule has 5 aromatic rings. The average Bonchev–Trinajstić information content (AvgIpc) is 3.48. The Bertz CT molecular complexity index is 1690. The number of carbonyl (C=O) groups excluding carboxylic acids is 2. The summed E-state index contributed by atoms with van der Waals surface area (Å²) in [5.74, 6) is 1.30. The fourth-order valence-corrected chi connectivity index (χ4v) is 5.20. The molecule has 8 nitrogen and oxygen atoms in total. The first-order chi connectivity index (χ1) is 20.6. The lowest BCUT2D eigenvalue weighted by Crippen LogP contribution is -2.48. The van der Waals surface area contributed by atoms with Gasteiger partial charge >= 0.3 is 5.97 Å². The predicted octanol–water partition coefficient (Wildman–Crippen LogP) is 5.55. The number of H-pyrrole nitrogens is 1. The molecule has 1 aliphatic heterocycles. The number of amides is 1. The molecule has 1 N–H and O–H groups in total. The molecule has 0 saturated carbocycles. The fraction of sp³-hybridized carbons (Fsp3) is 0.206. The number of fused-ring (bicyclic) bond motifs is 1. The third kappa shape index (κ3) is 6.04. The molecule has 0 radical (unpaired) electrons. The lowest BCUT2D eigenvalue weighted by Gasteiger charge is -2.35. The molecule has 6 rings (SSSR count). The number of imidazole rings is 1. The van der Waals surface area contributed by atoms with Gasteiger partial charge in [-0.25, -0.2) is 9.78 Å². The number of benzene rings is 4. The normalized spacial score (nSPS) is 13.7. The highest BCUT2D eigenvalue weighted by Gasteiger charge is 2.23. The van der Waals surface area contributed by atoms with E-state index in [1.54, 1.807) is 12.1 Å². The van der Waals surface area contributed by atoms with Crippen LogP contribution in [0.4, 0.5) is 0 Å². The van der Waals surface area contributed by atoms with Gasteiger partial charge in [-0.05, 0) is 42.0 Å². The number of nitrogens with zero attached hydrogens (tertiary/aromatic N) is 3. The van der Waals surface area contributed by atoms with Gasteiger partial charge in [0, 0.05) is 49.4 Å². The summed E-state index contributed by atoms with van der Waals surface area (Å²) in [7, 11) is 1.37. The van der Waals surface area contributed by atoms with E-state index in [0.29, 0.717) is 30.8 Å². The van der Waals surface area contributed by atoms with Crippen molar-refractivity contribution in [3.8, 4) is 17.1 Å². The number of aromatic amines is 1. The second kappa shape index (κ2) is 12.3. The molecule has 212 valence electrons. The van der Waals surface area contributed by atoms with E-state index in [-0.39, 0.29) is 11.9 Å². The molecular formula is C34H32N4O4. The van der Waals surface area contributed by atoms with Gasteiger partial charge < -0.3 is 19.4 Å². The SMILES string of the molecule is COC(=O)c1ccc(COc2ccccc2CN2CCN(C(=O)c3ccc4[nH]c(-c5ccccc5)nc4c3)CC2)cc1. The van der Waals surface area contributed by atoms with Crippen molar-refractivity contribution in [1.29, 1.82) is 0 Å². The maximum Gasteiger partial charge on any atom is 0.337 e. The Morgan fingerprint density at radius 3 is 2.31 bits per heavy atom. The smallest absolute Gasteiger partial charge is 0.337 e. The number of methoxy groups -OCH3 is 1. The monoisotopic (exact) mass is 560 g/mol. The number of ether oxygens (including phenoxy) is 2. The molecular weight excluding hydrogens is 528 g/mol. The first kappa shape index (κ1) is 27.2. The van der Waals surface area contributed by atoms with Crippen LogP contribution in [0.1, 0.15) is 31.8 Å². The molecule has 1 aromatic heterocycles. The van der Waals surface area contributed by atoms with Crippen LogP contribution in [0.2, 0.25) is 0 Å². The number of hydrogen-bond acceptors (Lipinski definition) is 6. The van der Waals surface area contributed by atoms with Gasteiger partial charge in [0.15, 0.2) is 0 Å². The van der Waals surface area contributed by atoms with Crippen LogP contribution in [-0.4, -0.2) is 64.9 Å². The van der Waals surface area contributed by atoms with Crippen molar-refractivity contribution >= 4 is 22.9 Å². The zero-order chi connectivity index (χ0) is 28.9. The van der Waals surface area contributed by atoms with Gasteiger partial charge in [0.1, 0.15) is 18.2 Å². The lowest BCUT2D eigenvalue weighted by molar-refractivity contribution is 0.0599. The summed E-state index contributed by atoms with van der Waals surface area (Å²) in [6, 6.07) is 30.9. The van der Waals surface area contributed by atoms with Gasteiger partial charge in [-0.2, -0.15) is 0 Å². The molecule has 0 spiro atoms. The number of hydrogen-bond donors (Lipinski definition) is 1. The van der Waals surface area contributed by atoms with Crippen LogP contribution >= 0.6 is 0 Å². The van der Waals surface area contributed by atoms with Crippen molar-refractivity contribution in [3.63, 3.8) is 0 Å². The van der Waals surface area contributed by atoms with E-state index in [1.165, 1.54) is 7.11 Å². The van der Waals surface area contributed by atoms with Crippen LogP contribution in [-0.2, 0) is 17.9 Å². The average molecular weight is 561 g/mol. The second-order valence-corrected chi connectivity index (χ2v) is 10.3. The van der Waals surface area contributed by atoms with E-state index in [1.807, 2.05) is 83.8 Å². The van der Waals surface area contributed by atoms with Crippen LogP contribution in [0.3, 0.4) is 0 Å². The van der Waals surface area contributed by atoms with Crippen LogP contribution in [0.25, 0.3) is 22.4 Å². The Labute approximate surface area is 244 Å². The van der Waals surface area contributed by atoms with E-state index in [0.717, 1.165) is 58.9 Å². The van der Waals surface area contributed by atoms with E-state index in [9.17, 15) is 9.59 Å². The summed E-state index contributed by atoms with van der Waals surface area (Å²) >= 11 is 0. The van der Waals surface area contributed by atoms with Crippen molar-refractivity contribution in [2.45, 2.75) is 13.2 Å². The number of esters is 1. The van der Waals surface area contributed by atoms with Crippen molar-refractivity contribution in [3.05, 3.63) is 119 Å². The number of rotatable bonds is 8. The molecule has 1 amide bonds. The number of piperazine rings is 1. The quantitative estimate of drug-likeness (QED) is 0.250. The number of nitrogens with one attached hydrogen (secondary N) is 1. The molecule has 0 bridgehead atoms. The number of carbonyl (C=O) groups is 2. The van der Waals surface area contributed by atoms with E-state index >= 15 is 0 Å². The number of aromatic nitrogens is 2. The Hall–Kier alpha value is -4.95. The van der Waals surface area contributed by atoms with Crippen LogP contribution < -0.4 is 4.74 Å².